The Morgan fingerprint density at radius 1 is 0.288 bits per heavy atom. The number of rotatable bonds is 6. The fourth-order valence-corrected chi connectivity index (χ4v) is 9.55. The van der Waals surface area contributed by atoms with Crippen LogP contribution in [0.15, 0.2) is 212 Å². The third-order valence-corrected chi connectivity index (χ3v) is 12.4. The molecule has 0 spiro atoms. The monoisotopic (exact) mass is 750 g/mol. The molecule has 10 aromatic carbocycles. The zero-order valence-electron chi connectivity index (χ0n) is 32.9. The van der Waals surface area contributed by atoms with Crippen LogP contribution < -0.4 is 0 Å². The first-order valence-corrected chi connectivity index (χ1v) is 20.9. The van der Waals surface area contributed by atoms with Crippen molar-refractivity contribution in [2.75, 3.05) is 0 Å². The quantitative estimate of drug-likeness (QED) is 0.149. The molecule has 0 bridgehead atoms. The van der Waals surface area contributed by atoms with Crippen LogP contribution in [0.1, 0.15) is 24.0 Å². The molecule has 0 unspecified atom stereocenters. The summed E-state index contributed by atoms with van der Waals surface area (Å²) in [4.78, 5) is 0. The minimum Gasteiger partial charge on any atom is -0.0839 e. The lowest BCUT2D eigenvalue weighted by molar-refractivity contribution is 0.852. The fraction of sp³-hybridized carbons (Fsp3) is 0.0508. The summed E-state index contributed by atoms with van der Waals surface area (Å²) in [5.74, 6) is 0. The second kappa shape index (κ2) is 14.9. The summed E-state index contributed by atoms with van der Waals surface area (Å²) in [6.45, 7) is 0. The third-order valence-electron chi connectivity index (χ3n) is 12.4. The van der Waals surface area contributed by atoms with E-state index < -0.39 is 0 Å². The highest BCUT2D eigenvalue weighted by molar-refractivity contribution is 6.22. The van der Waals surface area contributed by atoms with E-state index in [9.17, 15) is 0 Å². The topological polar surface area (TPSA) is 0 Å². The van der Waals surface area contributed by atoms with Gasteiger partial charge in [-0.2, -0.15) is 0 Å². The first kappa shape index (κ1) is 34.9. The predicted octanol–water partition coefficient (Wildman–Crippen LogP) is 16.5. The van der Waals surface area contributed by atoms with Crippen molar-refractivity contribution >= 4 is 38.4 Å². The molecule has 0 fully saturated rings. The molecular formula is C59H42. The molecule has 0 nitrogen and oxygen atoms in total. The second-order valence-electron chi connectivity index (χ2n) is 15.8. The van der Waals surface area contributed by atoms with Crippen LogP contribution in [0.3, 0.4) is 0 Å². The first-order chi connectivity index (χ1) is 29.3. The predicted molar refractivity (Wildman–Crippen MR) is 254 cm³/mol. The fourth-order valence-electron chi connectivity index (χ4n) is 9.55. The first-order valence-electron chi connectivity index (χ1n) is 20.9. The van der Waals surface area contributed by atoms with E-state index in [0.29, 0.717) is 0 Å². The van der Waals surface area contributed by atoms with Gasteiger partial charge in [-0.05, 0) is 142 Å². The van der Waals surface area contributed by atoms with Crippen LogP contribution in [0.25, 0.3) is 105 Å². The maximum atomic E-state index is 2.46. The molecule has 0 amide bonds. The SMILES string of the molecule is C1=Cc2cc(-c3ccc(-c4ccc(-c5ccccc5-c5ccccc5)c5ccc(-c6c7ccccc7c(-c7ccccc7)c7ccccc67)cc45)cc3)ccc2CCC1. The molecule has 0 aliphatic heterocycles. The van der Waals surface area contributed by atoms with E-state index in [1.807, 2.05) is 0 Å². The van der Waals surface area contributed by atoms with Crippen molar-refractivity contribution in [1.29, 1.82) is 0 Å². The zero-order chi connectivity index (χ0) is 39.1. The Hall–Kier alpha value is -7.28. The summed E-state index contributed by atoms with van der Waals surface area (Å²) in [6.07, 6.45) is 8.14. The molecule has 11 rings (SSSR count). The number of benzene rings is 10. The highest BCUT2D eigenvalue weighted by Crippen LogP contribution is 2.46. The second-order valence-corrected chi connectivity index (χ2v) is 15.8. The Bertz CT molecular complexity index is 3150. The maximum Gasteiger partial charge on any atom is -0.00261 e. The van der Waals surface area contributed by atoms with Gasteiger partial charge >= 0.3 is 0 Å². The summed E-state index contributed by atoms with van der Waals surface area (Å²) in [6, 6.07) is 76.5. The molecule has 0 N–H and O–H groups in total. The van der Waals surface area contributed by atoms with Crippen molar-refractivity contribution < 1.29 is 0 Å². The van der Waals surface area contributed by atoms with E-state index in [2.05, 4.69) is 218 Å². The molecule has 278 valence electrons. The van der Waals surface area contributed by atoms with E-state index in [1.54, 1.807) is 0 Å². The van der Waals surface area contributed by atoms with Crippen LogP contribution in [0, 0.1) is 0 Å². The molecular weight excluding hydrogens is 709 g/mol. The van der Waals surface area contributed by atoms with Crippen LogP contribution in [0.5, 0.6) is 0 Å². The van der Waals surface area contributed by atoms with Gasteiger partial charge in [0.05, 0.1) is 0 Å². The van der Waals surface area contributed by atoms with Gasteiger partial charge < -0.3 is 0 Å². The molecule has 1 aliphatic rings. The molecule has 0 atom stereocenters. The number of allylic oxidation sites excluding steroid dienone is 1. The lowest BCUT2D eigenvalue weighted by Crippen LogP contribution is -1.93. The van der Waals surface area contributed by atoms with Gasteiger partial charge in [-0.3, -0.25) is 0 Å². The number of hydrogen-bond donors (Lipinski definition) is 0. The lowest BCUT2D eigenvalue weighted by Gasteiger charge is -2.19. The van der Waals surface area contributed by atoms with Crippen LogP contribution in [-0.4, -0.2) is 0 Å². The van der Waals surface area contributed by atoms with E-state index in [-0.39, 0.29) is 0 Å². The van der Waals surface area contributed by atoms with Crippen molar-refractivity contribution in [2.24, 2.45) is 0 Å². The number of fused-ring (bicyclic) bond motifs is 4. The van der Waals surface area contributed by atoms with E-state index >= 15 is 0 Å². The summed E-state index contributed by atoms with van der Waals surface area (Å²) in [5.41, 5.74) is 17.7. The normalized spacial score (nSPS) is 12.5. The van der Waals surface area contributed by atoms with Crippen molar-refractivity contribution in [3.63, 3.8) is 0 Å². The molecule has 59 heavy (non-hydrogen) atoms. The van der Waals surface area contributed by atoms with Gasteiger partial charge in [0.2, 0.25) is 0 Å². The van der Waals surface area contributed by atoms with Crippen molar-refractivity contribution in [1.82, 2.24) is 0 Å². The Morgan fingerprint density at radius 3 is 1.51 bits per heavy atom. The molecule has 0 heterocycles. The van der Waals surface area contributed by atoms with Crippen LogP contribution in [0.2, 0.25) is 0 Å². The average Bonchev–Trinajstić information content (AvgIpc) is 3.56. The highest BCUT2D eigenvalue weighted by Gasteiger charge is 2.19. The van der Waals surface area contributed by atoms with Crippen molar-refractivity contribution in [2.45, 2.75) is 19.3 Å². The van der Waals surface area contributed by atoms with Crippen LogP contribution in [0.4, 0.5) is 0 Å². The molecule has 10 aromatic rings. The molecule has 0 radical (unpaired) electrons. The van der Waals surface area contributed by atoms with Gasteiger partial charge in [0.25, 0.3) is 0 Å². The summed E-state index contributed by atoms with van der Waals surface area (Å²) >= 11 is 0. The van der Waals surface area contributed by atoms with Crippen molar-refractivity contribution in [3.8, 4) is 66.8 Å². The summed E-state index contributed by atoms with van der Waals surface area (Å²) < 4.78 is 0. The van der Waals surface area contributed by atoms with Gasteiger partial charge in [0, 0.05) is 0 Å². The molecule has 0 saturated carbocycles. The molecule has 0 saturated heterocycles. The summed E-state index contributed by atoms with van der Waals surface area (Å²) in [5, 5.41) is 7.54. The van der Waals surface area contributed by atoms with Gasteiger partial charge in [-0.25, -0.2) is 0 Å². The van der Waals surface area contributed by atoms with Gasteiger partial charge in [-0.1, -0.05) is 206 Å². The summed E-state index contributed by atoms with van der Waals surface area (Å²) in [7, 11) is 0. The van der Waals surface area contributed by atoms with Gasteiger partial charge in [-0.15, -0.1) is 0 Å². The number of hydrogen-bond acceptors (Lipinski definition) is 0. The van der Waals surface area contributed by atoms with E-state index in [1.165, 1.54) is 117 Å². The van der Waals surface area contributed by atoms with Gasteiger partial charge in [0.1, 0.15) is 0 Å². The lowest BCUT2D eigenvalue weighted by atomic mass is 9.84. The minimum absolute atomic E-state index is 1.14. The molecule has 0 heteroatoms. The Kier molecular flexibility index (Phi) is 8.82. The highest BCUT2D eigenvalue weighted by atomic mass is 14.2. The Morgan fingerprint density at radius 2 is 0.814 bits per heavy atom. The van der Waals surface area contributed by atoms with E-state index in [0.717, 1.165) is 12.8 Å². The van der Waals surface area contributed by atoms with Gasteiger partial charge in [0.15, 0.2) is 0 Å². The Balaban J connectivity index is 1.13. The maximum absolute atomic E-state index is 2.46. The van der Waals surface area contributed by atoms with Crippen LogP contribution >= 0.6 is 0 Å². The van der Waals surface area contributed by atoms with Crippen LogP contribution in [-0.2, 0) is 6.42 Å². The smallest absolute Gasteiger partial charge is 0.00261 e. The third kappa shape index (κ3) is 6.26. The number of aryl methyl sites for hydroxylation is 1. The van der Waals surface area contributed by atoms with Crippen molar-refractivity contribution in [3.05, 3.63) is 223 Å². The standard InChI is InChI=1S/C59H42/c1-4-16-40-30-33-46(38-45(40)21-9-1)41-28-31-43(32-29-41)49-36-37-51(50-23-11-10-22-48(50)42-17-5-2-6-18-42)52-35-34-47(39-57(49)52)59-55-26-14-12-24-53(55)58(44-19-7-3-8-20-44)54-25-13-15-27-56(54)59/h2-3,5-15,17-39H,1,4,16H2. The largest absolute Gasteiger partial charge is 0.0839 e. The zero-order valence-corrected chi connectivity index (χ0v) is 32.9. The molecule has 1 aliphatic carbocycles. The average molecular weight is 751 g/mol. The van der Waals surface area contributed by atoms with E-state index in [4.69, 9.17) is 0 Å². The minimum atomic E-state index is 1.14. The Labute approximate surface area is 346 Å². The molecule has 0 aromatic heterocycles.